The molecule has 0 radical (unpaired) electrons. The van der Waals surface area contributed by atoms with Crippen molar-refractivity contribution in [1.82, 2.24) is 4.90 Å². The van der Waals surface area contributed by atoms with E-state index in [1.807, 2.05) is 42.2 Å². The van der Waals surface area contributed by atoms with Gasteiger partial charge in [-0.25, -0.2) is 0 Å². The predicted molar refractivity (Wildman–Crippen MR) is 81.8 cm³/mol. The molecule has 4 nitrogen and oxygen atoms in total. The number of hydrogen-bond acceptors (Lipinski definition) is 3. The average molecular weight is 299 g/mol. The lowest BCUT2D eigenvalue weighted by Crippen LogP contribution is -2.57. The van der Waals surface area contributed by atoms with Crippen molar-refractivity contribution >= 4 is 18.3 Å². The zero-order valence-corrected chi connectivity index (χ0v) is 12.7. The van der Waals surface area contributed by atoms with Crippen molar-refractivity contribution in [2.75, 3.05) is 19.8 Å². The summed E-state index contributed by atoms with van der Waals surface area (Å²) in [5, 5.41) is 0. The molecule has 0 bridgehead atoms. The van der Waals surface area contributed by atoms with Gasteiger partial charge in [-0.2, -0.15) is 0 Å². The lowest BCUT2D eigenvalue weighted by Gasteiger charge is -2.36. The maximum atomic E-state index is 12.6. The van der Waals surface area contributed by atoms with E-state index in [9.17, 15) is 4.79 Å². The lowest BCUT2D eigenvalue weighted by molar-refractivity contribution is -0.141. The first-order chi connectivity index (χ1) is 9.15. The molecule has 1 heterocycles. The van der Waals surface area contributed by atoms with Crippen LogP contribution < -0.4 is 5.73 Å². The van der Waals surface area contributed by atoms with E-state index >= 15 is 0 Å². The maximum absolute atomic E-state index is 12.6. The maximum Gasteiger partial charge on any atom is 0.243 e. The van der Waals surface area contributed by atoms with E-state index in [-0.39, 0.29) is 18.3 Å². The summed E-state index contributed by atoms with van der Waals surface area (Å²) in [5.41, 5.74) is 6.65. The third-order valence-electron chi connectivity index (χ3n) is 3.70. The summed E-state index contributed by atoms with van der Waals surface area (Å²) in [6, 6.07) is 10.0. The van der Waals surface area contributed by atoms with Gasteiger partial charge in [-0.15, -0.1) is 12.4 Å². The van der Waals surface area contributed by atoms with Crippen LogP contribution in [0.5, 0.6) is 0 Å². The van der Waals surface area contributed by atoms with Crippen molar-refractivity contribution in [3.8, 4) is 0 Å². The van der Waals surface area contributed by atoms with Gasteiger partial charge in [-0.3, -0.25) is 4.79 Å². The number of rotatable bonds is 4. The second-order valence-corrected chi connectivity index (χ2v) is 5.07. The van der Waals surface area contributed by atoms with Gasteiger partial charge in [0.25, 0.3) is 0 Å². The van der Waals surface area contributed by atoms with Crippen molar-refractivity contribution in [3.63, 3.8) is 0 Å². The number of benzene rings is 1. The van der Waals surface area contributed by atoms with Crippen molar-refractivity contribution in [3.05, 3.63) is 35.9 Å². The normalized spacial score (nSPS) is 17.1. The summed E-state index contributed by atoms with van der Waals surface area (Å²) in [6.07, 6.45) is 1.22. The van der Waals surface area contributed by atoms with E-state index < -0.39 is 5.54 Å². The Morgan fingerprint density at radius 2 is 1.90 bits per heavy atom. The summed E-state index contributed by atoms with van der Waals surface area (Å²) >= 11 is 0. The van der Waals surface area contributed by atoms with Gasteiger partial charge in [0.1, 0.15) is 0 Å². The van der Waals surface area contributed by atoms with Gasteiger partial charge < -0.3 is 15.4 Å². The van der Waals surface area contributed by atoms with Crippen LogP contribution >= 0.6 is 12.4 Å². The summed E-state index contributed by atoms with van der Waals surface area (Å²) in [5.74, 6) is 0.0437. The number of likely N-dealkylation sites (N-methyl/N-ethyl adjacent to an activating group) is 1. The van der Waals surface area contributed by atoms with Gasteiger partial charge in [0.2, 0.25) is 5.91 Å². The molecular formula is C15H23ClN2O2. The molecule has 1 saturated heterocycles. The minimum absolute atomic E-state index is 0. The zero-order valence-electron chi connectivity index (χ0n) is 11.9. The van der Waals surface area contributed by atoms with Gasteiger partial charge >= 0.3 is 0 Å². The molecular weight excluding hydrogens is 276 g/mol. The monoisotopic (exact) mass is 298 g/mol. The SMILES string of the molecule is CCN(Cc1ccccc1)C(=O)C1(N)CCOCC1.Cl. The van der Waals surface area contributed by atoms with E-state index in [4.69, 9.17) is 10.5 Å². The average Bonchev–Trinajstić information content (AvgIpc) is 2.46. The molecule has 2 N–H and O–H groups in total. The summed E-state index contributed by atoms with van der Waals surface area (Å²) in [6.45, 7) is 4.43. The van der Waals surface area contributed by atoms with Crippen LogP contribution in [0.3, 0.4) is 0 Å². The second kappa shape index (κ2) is 7.62. The molecule has 1 aliphatic rings. The number of hydrogen-bond donors (Lipinski definition) is 1. The molecule has 112 valence electrons. The fraction of sp³-hybridized carbons (Fsp3) is 0.533. The summed E-state index contributed by atoms with van der Waals surface area (Å²) < 4.78 is 5.30. The van der Waals surface area contributed by atoms with Crippen molar-refractivity contribution in [2.24, 2.45) is 5.73 Å². The Labute approximate surface area is 126 Å². The molecule has 0 saturated carbocycles. The van der Waals surface area contributed by atoms with E-state index in [1.165, 1.54) is 0 Å². The molecule has 1 aliphatic heterocycles. The number of carbonyl (C=O) groups is 1. The number of carbonyl (C=O) groups excluding carboxylic acids is 1. The Balaban J connectivity index is 0.00000200. The Hall–Kier alpha value is -1.10. The highest BCUT2D eigenvalue weighted by Crippen LogP contribution is 2.21. The first-order valence-corrected chi connectivity index (χ1v) is 6.85. The topological polar surface area (TPSA) is 55.6 Å². The number of halogens is 1. The molecule has 0 spiro atoms. The first-order valence-electron chi connectivity index (χ1n) is 6.85. The van der Waals surface area contributed by atoms with E-state index in [2.05, 4.69) is 0 Å². The standard InChI is InChI=1S/C15H22N2O2.ClH/c1-2-17(12-13-6-4-3-5-7-13)14(18)15(16)8-10-19-11-9-15;/h3-7H,2,8-12,16H2,1H3;1H. The number of nitrogens with two attached hydrogens (primary N) is 1. The van der Waals surface area contributed by atoms with Crippen LogP contribution in [-0.2, 0) is 16.1 Å². The molecule has 5 heteroatoms. The highest BCUT2D eigenvalue weighted by atomic mass is 35.5. The quantitative estimate of drug-likeness (QED) is 0.924. The Morgan fingerprint density at radius 3 is 2.45 bits per heavy atom. The predicted octanol–water partition coefficient (Wildman–Crippen LogP) is 1.96. The Kier molecular flexibility index (Phi) is 6.46. The fourth-order valence-electron chi connectivity index (χ4n) is 2.40. The van der Waals surface area contributed by atoms with Crippen LogP contribution in [0.25, 0.3) is 0 Å². The van der Waals surface area contributed by atoms with Gasteiger partial charge in [0, 0.05) is 26.3 Å². The van der Waals surface area contributed by atoms with Crippen LogP contribution in [0.4, 0.5) is 0 Å². The van der Waals surface area contributed by atoms with Crippen molar-refractivity contribution in [1.29, 1.82) is 0 Å². The van der Waals surface area contributed by atoms with E-state index in [0.717, 1.165) is 5.56 Å². The molecule has 2 rings (SSSR count). The minimum atomic E-state index is -0.747. The smallest absolute Gasteiger partial charge is 0.243 e. The summed E-state index contributed by atoms with van der Waals surface area (Å²) in [7, 11) is 0. The molecule has 0 aliphatic carbocycles. The molecule has 1 aromatic carbocycles. The Bertz CT molecular complexity index is 419. The van der Waals surface area contributed by atoms with Gasteiger partial charge in [0.05, 0.1) is 5.54 Å². The number of nitrogens with zero attached hydrogens (tertiary/aromatic N) is 1. The van der Waals surface area contributed by atoms with Gasteiger partial charge in [-0.05, 0) is 25.3 Å². The zero-order chi connectivity index (χ0) is 13.7. The molecule has 20 heavy (non-hydrogen) atoms. The Morgan fingerprint density at radius 1 is 1.30 bits per heavy atom. The number of ether oxygens (including phenoxy) is 1. The molecule has 0 aromatic heterocycles. The van der Waals surface area contributed by atoms with Crippen LogP contribution in [0.2, 0.25) is 0 Å². The van der Waals surface area contributed by atoms with Crippen LogP contribution in [0.15, 0.2) is 30.3 Å². The molecule has 0 atom stereocenters. The van der Waals surface area contributed by atoms with E-state index in [0.29, 0.717) is 39.1 Å². The number of amides is 1. The first kappa shape index (κ1) is 17.0. The third kappa shape index (κ3) is 3.95. The van der Waals surface area contributed by atoms with E-state index in [1.54, 1.807) is 0 Å². The molecule has 1 fully saturated rings. The summed E-state index contributed by atoms with van der Waals surface area (Å²) in [4.78, 5) is 14.4. The molecule has 0 unspecified atom stereocenters. The van der Waals surface area contributed by atoms with Gasteiger partial charge in [-0.1, -0.05) is 30.3 Å². The van der Waals surface area contributed by atoms with Gasteiger partial charge in [0.15, 0.2) is 0 Å². The van der Waals surface area contributed by atoms with Crippen molar-refractivity contribution < 1.29 is 9.53 Å². The third-order valence-corrected chi connectivity index (χ3v) is 3.70. The van der Waals surface area contributed by atoms with Crippen LogP contribution in [-0.4, -0.2) is 36.1 Å². The van der Waals surface area contributed by atoms with Crippen molar-refractivity contribution in [2.45, 2.75) is 31.8 Å². The lowest BCUT2D eigenvalue weighted by atomic mass is 9.89. The molecule has 1 aromatic rings. The highest BCUT2D eigenvalue weighted by molar-refractivity contribution is 5.86. The minimum Gasteiger partial charge on any atom is -0.381 e. The highest BCUT2D eigenvalue weighted by Gasteiger charge is 2.38. The van der Waals surface area contributed by atoms with Crippen LogP contribution in [0, 0.1) is 0 Å². The molecule has 1 amide bonds. The largest absolute Gasteiger partial charge is 0.381 e. The fourth-order valence-corrected chi connectivity index (χ4v) is 2.40. The second-order valence-electron chi connectivity index (χ2n) is 5.07. The van der Waals surface area contributed by atoms with Crippen LogP contribution in [0.1, 0.15) is 25.3 Å².